The van der Waals surface area contributed by atoms with E-state index >= 15 is 0 Å². The average Bonchev–Trinajstić information content (AvgIpc) is 3.00. The number of hydrogen-bond acceptors (Lipinski definition) is 4. The highest BCUT2D eigenvalue weighted by Crippen LogP contribution is 2.18. The summed E-state index contributed by atoms with van der Waals surface area (Å²) in [6.45, 7) is 2.09. The van der Waals surface area contributed by atoms with Gasteiger partial charge in [0, 0.05) is 26.2 Å². The summed E-state index contributed by atoms with van der Waals surface area (Å²) in [4.78, 5) is 2.06. The summed E-state index contributed by atoms with van der Waals surface area (Å²) in [6, 6.07) is 0.573. The zero-order valence-corrected chi connectivity index (χ0v) is 12.0. The van der Waals surface area contributed by atoms with Crippen molar-refractivity contribution in [1.82, 2.24) is 14.5 Å². The molecule has 17 heavy (non-hydrogen) atoms. The van der Waals surface area contributed by atoms with Crippen molar-refractivity contribution in [1.29, 1.82) is 0 Å². The molecule has 0 saturated heterocycles. The first-order chi connectivity index (χ1) is 7.92. The van der Waals surface area contributed by atoms with Crippen LogP contribution < -0.4 is 5.32 Å². The minimum atomic E-state index is -3.07. The molecule has 0 radical (unpaired) electrons. The maximum atomic E-state index is 11.9. The molecule has 0 aromatic heterocycles. The SMILES string of the molecule is CN(C)CCCN(C)S(=O)(=O)CCNC1CC1. The summed E-state index contributed by atoms with van der Waals surface area (Å²) in [5.74, 6) is 0.210. The lowest BCUT2D eigenvalue weighted by Gasteiger charge is -2.18. The fourth-order valence-electron chi connectivity index (χ4n) is 1.58. The van der Waals surface area contributed by atoms with Crippen molar-refractivity contribution in [2.45, 2.75) is 25.3 Å². The molecule has 0 spiro atoms. The van der Waals surface area contributed by atoms with Gasteiger partial charge < -0.3 is 10.2 Å². The van der Waals surface area contributed by atoms with Crippen molar-refractivity contribution in [2.75, 3.05) is 46.5 Å². The summed E-state index contributed by atoms with van der Waals surface area (Å²) in [5, 5.41) is 3.23. The quantitative estimate of drug-likeness (QED) is 0.634. The van der Waals surface area contributed by atoms with Gasteiger partial charge in [0.2, 0.25) is 10.0 Å². The second-order valence-corrected chi connectivity index (χ2v) is 7.22. The third-order valence-corrected chi connectivity index (χ3v) is 4.78. The molecule has 0 unspecified atom stereocenters. The van der Waals surface area contributed by atoms with Crippen LogP contribution in [-0.4, -0.2) is 70.2 Å². The summed E-state index contributed by atoms with van der Waals surface area (Å²) >= 11 is 0. The molecule has 1 saturated carbocycles. The molecule has 0 aliphatic heterocycles. The summed E-state index contributed by atoms with van der Waals surface area (Å²) in [6.07, 6.45) is 3.26. The molecule has 6 heteroatoms. The predicted molar refractivity (Wildman–Crippen MR) is 70.6 cm³/mol. The van der Waals surface area contributed by atoms with E-state index in [4.69, 9.17) is 0 Å². The number of hydrogen-bond donors (Lipinski definition) is 1. The number of sulfonamides is 1. The van der Waals surface area contributed by atoms with E-state index in [0.717, 1.165) is 13.0 Å². The molecule has 0 bridgehead atoms. The normalized spacial score (nSPS) is 17.0. The first-order valence-electron chi connectivity index (χ1n) is 6.24. The highest BCUT2D eigenvalue weighted by atomic mass is 32.2. The number of nitrogens with one attached hydrogen (secondary N) is 1. The fourth-order valence-corrected chi connectivity index (χ4v) is 2.68. The number of nitrogens with zero attached hydrogens (tertiary/aromatic N) is 2. The van der Waals surface area contributed by atoms with Crippen LogP contribution in [-0.2, 0) is 10.0 Å². The summed E-state index contributed by atoms with van der Waals surface area (Å²) in [7, 11) is 2.58. The zero-order valence-electron chi connectivity index (χ0n) is 11.1. The minimum Gasteiger partial charge on any atom is -0.313 e. The van der Waals surface area contributed by atoms with E-state index in [1.54, 1.807) is 7.05 Å². The maximum absolute atomic E-state index is 11.9. The van der Waals surface area contributed by atoms with E-state index in [2.05, 4.69) is 10.2 Å². The molecule has 0 atom stereocenters. The predicted octanol–water partition coefficient (Wildman–Crippen LogP) is -0.0483. The van der Waals surface area contributed by atoms with Gasteiger partial charge in [-0.25, -0.2) is 12.7 Å². The van der Waals surface area contributed by atoms with Crippen LogP contribution in [0, 0.1) is 0 Å². The van der Waals surface area contributed by atoms with Crippen molar-refractivity contribution in [3.05, 3.63) is 0 Å². The average molecular weight is 263 g/mol. The van der Waals surface area contributed by atoms with Gasteiger partial charge in [0.05, 0.1) is 5.75 Å². The van der Waals surface area contributed by atoms with Crippen molar-refractivity contribution < 1.29 is 8.42 Å². The maximum Gasteiger partial charge on any atom is 0.215 e. The lowest BCUT2D eigenvalue weighted by Crippen LogP contribution is -2.35. The first-order valence-corrected chi connectivity index (χ1v) is 7.85. The van der Waals surface area contributed by atoms with Crippen molar-refractivity contribution >= 4 is 10.0 Å². The Kier molecular flexibility index (Phi) is 5.85. The van der Waals surface area contributed by atoms with Crippen molar-refractivity contribution in [3.63, 3.8) is 0 Å². The van der Waals surface area contributed by atoms with E-state index in [1.165, 1.54) is 17.1 Å². The van der Waals surface area contributed by atoms with Gasteiger partial charge in [-0.3, -0.25) is 0 Å². The van der Waals surface area contributed by atoms with Gasteiger partial charge in [0.15, 0.2) is 0 Å². The molecular formula is C11H25N3O2S. The molecular weight excluding hydrogens is 238 g/mol. The van der Waals surface area contributed by atoms with Crippen LogP contribution in [0.5, 0.6) is 0 Å². The van der Waals surface area contributed by atoms with Gasteiger partial charge >= 0.3 is 0 Å². The van der Waals surface area contributed by atoms with E-state index in [-0.39, 0.29) is 5.75 Å². The Morgan fingerprint density at radius 3 is 2.35 bits per heavy atom. The minimum absolute atomic E-state index is 0.210. The van der Waals surface area contributed by atoms with Gasteiger partial charge in [-0.15, -0.1) is 0 Å². The van der Waals surface area contributed by atoms with Gasteiger partial charge in [0.1, 0.15) is 0 Å². The van der Waals surface area contributed by atoms with Gasteiger partial charge in [-0.1, -0.05) is 0 Å². The Bertz CT molecular complexity index is 313. The van der Waals surface area contributed by atoms with Crippen LogP contribution in [0.3, 0.4) is 0 Å². The number of rotatable bonds is 9. The van der Waals surface area contributed by atoms with Crippen molar-refractivity contribution in [3.8, 4) is 0 Å². The highest BCUT2D eigenvalue weighted by Gasteiger charge is 2.22. The van der Waals surface area contributed by atoms with Crippen LogP contribution in [0.4, 0.5) is 0 Å². The molecule has 5 nitrogen and oxygen atoms in total. The monoisotopic (exact) mass is 263 g/mol. The Labute approximate surface area is 105 Å². The highest BCUT2D eigenvalue weighted by molar-refractivity contribution is 7.89. The zero-order chi connectivity index (χ0) is 12.9. The van der Waals surface area contributed by atoms with Gasteiger partial charge in [-0.05, 0) is 39.9 Å². The molecule has 1 aliphatic rings. The second kappa shape index (κ2) is 6.68. The Morgan fingerprint density at radius 1 is 1.18 bits per heavy atom. The van der Waals surface area contributed by atoms with Crippen LogP contribution >= 0.6 is 0 Å². The molecule has 102 valence electrons. The largest absolute Gasteiger partial charge is 0.313 e. The van der Waals surface area contributed by atoms with Crippen LogP contribution in [0.25, 0.3) is 0 Å². The first kappa shape index (κ1) is 14.9. The molecule has 1 N–H and O–H groups in total. The molecule has 1 rings (SSSR count). The lowest BCUT2D eigenvalue weighted by molar-refractivity contribution is 0.370. The summed E-state index contributed by atoms with van der Waals surface area (Å²) < 4.78 is 25.2. The van der Waals surface area contributed by atoms with Crippen LogP contribution in [0.1, 0.15) is 19.3 Å². The molecule has 0 amide bonds. The molecule has 1 aliphatic carbocycles. The van der Waals surface area contributed by atoms with E-state index < -0.39 is 10.0 Å². The Balaban J connectivity index is 2.19. The van der Waals surface area contributed by atoms with Gasteiger partial charge in [-0.2, -0.15) is 0 Å². The molecule has 1 fully saturated rings. The lowest BCUT2D eigenvalue weighted by atomic mass is 10.4. The van der Waals surface area contributed by atoms with Crippen molar-refractivity contribution in [2.24, 2.45) is 0 Å². The Hall–Kier alpha value is -0.170. The fraction of sp³-hybridized carbons (Fsp3) is 1.00. The standard InChI is InChI=1S/C11H25N3O2S/c1-13(2)8-4-9-14(3)17(15,16)10-7-12-11-5-6-11/h11-12H,4-10H2,1-3H3. The van der Waals surface area contributed by atoms with Crippen LogP contribution in [0.15, 0.2) is 0 Å². The van der Waals surface area contributed by atoms with E-state index in [9.17, 15) is 8.42 Å². The third kappa shape index (κ3) is 6.35. The van der Waals surface area contributed by atoms with Gasteiger partial charge in [0.25, 0.3) is 0 Å². The Morgan fingerprint density at radius 2 is 1.82 bits per heavy atom. The van der Waals surface area contributed by atoms with Crippen LogP contribution in [0.2, 0.25) is 0 Å². The molecule has 0 aromatic rings. The second-order valence-electron chi connectivity index (χ2n) is 5.02. The third-order valence-electron chi connectivity index (χ3n) is 2.92. The van der Waals surface area contributed by atoms with E-state index in [0.29, 0.717) is 19.1 Å². The summed E-state index contributed by atoms with van der Waals surface area (Å²) in [5.41, 5.74) is 0. The smallest absolute Gasteiger partial charge is 0.215 e. The molecule has 0 heterocycles. The molecule has 0 aromatic carbocycles. The van der Waals surface area contributed by atoms with E-state index in [1.807, 2.05) is 14.1 Å². The topological polar surface area (TPSA) is 52.7 Å².